The van der Waals surface area contributed by atoms with Crippen molar-refractivity contribution in [3.8, 4) is 0 Å². The van der Waals surface area contributed by atoms with Crippen molar-refractivity contribution in [3.63, 3.8) is 0 Å². The molecule has 2 rings (SSSR count). The van der Waals surface area contributed by atoms with E-state index in [9.17, 15) is 0 Å². The highest BCUT2D eigenvalue weighted by atomic mass is 32.2. The van der Waals surface area contributed by atoms with Gasteiger partial charge >= 0.3 is 0 Å². The van der Waals surface area contributed by atoms with Crippen molar-refractivity contribution in [3.05, 3.63) is 0 Å². The molecule has 4 nitrogen and oxygen atoms in total. The zero-order chi connectivity index (χ0) is 13.9. The van der Waals surface area contributed by atoms with Crippen LogP contribution in [0.15, 0.2) is 0 Å². The number of hydrogen-bond acceptors (Lipinski definition) is 5. The van der Waals surface area contributed by atoms with E-state index in [1.54, 1.807) is 11.8 Å². The van der Waals surface area contributed by atoms with Gasteiger partial charge in [0.25, 0.3) is 0 Å². The van der Waals surface area contributed by atoms with E-state index in [-0.39, 0.29) is 5.54 Å². The Kier molecular flexibility index (Phi) is 5.48. The van der Waals surface area contributed by atoms with Gasteiger partial charge in [0, 0.05) is 31.7 Å². The number of morpholine rings is 1. The predicted octanol–water partition coefficient (Wildman–Crippen LogP) is 1.67. The highest BCUT2D eigenvalue weighted by molar-refractivity contribution is 8.22. The summed E-state index contributed by atoms with van der Waals surface area (Å²) in [6.45, 7) is 13.8. The summed E-state index contributed by atoms with van der Waals surface area (Å²) >= 11 is 7.26. The second-order valence-corrected chi connectivity index (χ2v) is 7.71. The molecule has 0 saturated carbocycles. The van der Waals surface area contributed by atoms with Gasteiger partial charge in [0.2, 0.25) is 0 Å². The van der Waals surface area contributed by atoms with Gasteiger partial charge in [-0.3, -0.25) is 9.80 Å². The number of thiocarbonyl (C=S) groups is 1. The van der Waals surface area contributed by atoms with Gasteiger partial charge in [-0.05, 0) is 20.8 Å². The van der Waals surface area contributed by atoms with E-state index in [0.29, 0.717) is 0 Å². The molecule has 19 heavy (non-hydrogen) atoms. The first-order valence-electron chi connectivity index (χ1n) is 6.94. The van der Waals surface area contributed by atoms with Gasteiger partial charge in [0.15, 0.2) is 0 Å². The summed E-state index contributed by atoms with van der Waals surface area (Å²) in [5.41, 5.74) is 0.113. The molecule has 2 aliphatic rings. The molecule has 0 bridgehead atoms. The maximum absolute atomic E-state index is 5.47. The number of hydrogen-bond donors (Lipinski definition) is 0. The zero-order valence-electron chi connectivity index (χ0n) is 12.2. The molecule has 0 aromatic carbocycles. The van der Waals surface area contributed by atoms with Gasteiger partial charge in [0.05, 0.1) is 25.8 Å². The number of thioether (sulfide) groups is 1. The fourth-order valence-electron chi connectivity index (χ4n) is 2.25. The van der Waals surface area contributed by atoms with E-state index in [4.69, 9.17) is 17.0 Å². The van der Waals surface area contributed by atoms with Crippen LogP contribution in [-0.2, 0) is 4.74 Å². The standard InChI is InChI=1S/C13H25N3OS2/c1-13(2,3)16-10-15(11-19-12(16)18)5-4-14-6-8-17-9-7-14/h4-11H2,1-3H3. The van der Waals surface area contributed by atoms with Crippen LogP contribution < -0.4 is 0 Å². The van der Waals surface area contributed by atoms with Gasteiger partial charge in [0.1, 0.15) is 4.32 Å². The van der Waals surface area contributed by atoms with Crippen LogP contribution in [0.3, 0.4) is 0 Å². The summed E-state index contributed by atoms with van der Waals surface area (Å²) < 4.78 is 6.42. The Labute approximate surface area is 126 Å². The lowest BCUT2D eigenvalue weighted by atomic mass is 10.1. The lowest BCUT2D eigenvalue weighted by molar-refractivity contribution is 0.0308. The average Bonchev–Trinajstić information content (AvgIpc) is 2.37. The molecule has 0 aliphatic carbocycles. The van der Waals surface area contributed by atoms with Crippen molar-refractivity contribution < 1.29 is 4.74 Å². The zero-order valence-corrected chi connectivity index (χ0v) is 13.9. The minimum Gasteiger partial charge on any atom is -0.379 e. The third-order valence-electron chi connectivity index (χ3n) is 3.58. The van der Waals surface area contributed by atoms with Crippen LogP contribution in [0.4, 0.5) is 0 Å². The third-order valence-corrected chi connectivity index (χ3v) is 5.11. The minimum atomic E-state index is 0.113. The van der Waals surface area contributed by atoms with Crippen molar-refractivity contribution >= 4 is 28.3 Å². The summed E-state index contributed by atoms with van der Waals surface area (Å²) in [5, 5.41) is 0. The Bertz CT molecular complexity index is 314. The molecule has 0 unspecified atom stereocenters. The smallest absolute Gasteiger partial charge is 0.139 e. The lowest BCUT2D eigenvalue weighted by Gasteiger charge is -2.44. The van der Waals surface area contributed by atoms with Crippen LogP contribution in [0.1, 0.15) is 20.8 Å². The normalized spacial score (nSPS) is 23.9. The third kappa shape index (κ3) is 4.56. The summed E-state index contributed by atoms with van der Waals surface area (Å²) in [4.78, 5) is 7.31. The van der Waals surface area contributed by atoms with Crippen LogP contribution in [0.5, 0.6) is 0 Å². The maximum Gasteiger partial charge on any atom is 0.139 e. The summed E-state index contributed by atoms with van der Waals surface area (Å²) in [5.74, 6) is 1.02. The van der Waals surface area contributed by atoms with Crippen LogP contribution in [-0.4, -0.2) is 76.5 Å². The summed E-state index contributed by atoms with van der Waals surface area (Å²) in [7, 11) is 0. The lowest BCUT2D eigenvalue weighted by Crippen LogP contribution is -2.54. The van der Waals surface area contributed by atoms with Gasteiger partial charge in [-0.25, -0.2) is 0 Å². The van der Waals surface area contributed by atoms with Gasteiger partial charge in [-0.15, -0.1) is 0 Å². The molecule has 0 spiro atoms. The molecule has 0 radical (unpaired) electrons. The largest absolute Gasteiger partial charge is 0.379 e. The molecule has 0 N–H and O–H groups in total. The molecule has 0 atom stereocenters. The van der Waals surface area contributed by atoms with Crippen LogP contribution in [0, 0.1) is 0 Å². The molecule has 2 heterocycles. The quantitative estimate of drug-likeness (QED) is 0.733. The minimum absolute atomic E-state index is 0.113. The van der Waals surface area contributed by atoms with E-state index in [0.717, 1.165) is 56.3 Å². The highest BCUT2D eigenvalue weighted by Crippen LogP contribution is 2.25. The molecule has 2 saturated heterocycles. The second kappa shape index (κ2) is 6.72. The Morgan fingerprint density at radius 3 is 2.42 bits per heavy atom. The molecule has 2 fully saturated rings. The van der Waals surface area contributed by atoms with Crippen LogP contribution >= 0.6 is 24.0 Å². The summed E-state index contributed by atoms with van der Waals surface area (Å²) in [6, 6.07) is 0. The van der Waals surface area contributed by atoms with E-state index in [1.807, 2.05) is 0 Å². The SMILES string of the molecule is CC(C)(C)N1CN(CCN2CCOCC2)CSC1=S. The van der Waals surface area contributed by atoms with E-state index in [2.05, 4.69) is 35.5 Å². The van der Waals surface area contributed by atoms with Crippen LogP contribution in [0.25, 0.3) is 0 Å². The molecule has 0 aromatic heterocycles. The fourth-order valence-corrected chi connectivity index (χ4v) is 3.73. The second-order valence-electron chi connectivity index (χ2n) is 6.13. The monoisotopic (exact) mass is 303 g/mol. The number of nitrogens with zero attached hydrogens (tertiary/aromatic N) is 3. The molecule has 110 valence electrons. The van der Waals surface area contributed by atoms with Crippen molar-refractivity contribution in [2.75, 3.05) is 51.9 Å². The first-order valence-corrected chi connectivity index (χ1v) is 8.33. The first kappa shape index (κ1) is 15.5. The fraction of sp³-hybridized carbons (Fsp3) is 0.923. The van der Waals surface area contributed by atoms with E-state index in [1.165, 1.54) is 0 Å². The molecule has 6 heteroatoms. The predicted molar refractivity (Wildman–Crippen MR) is 85.5 cm³/mol. The van der Waals surface area contributed by atoms with Crippen molar-refractivity contribution in [1.29, 1.82) is 0 Å². The average molecular weight is 303 g/mol. The Morgan fingerprint density at radius 2 is 1.79 bits per heavy atom. The van der Waals surface area contributed by atoms with Crippen molar-refractivity contribution in [2.45, 2.75) is 26.3 Å². The molecule has 2 aliphatic heterocycles. The molecular formula is C13H25N3OS2. The van der Waals surface area contributed by atoms with E-state index >= 15 is 0 Å². The first-order chi connectivity index (χ1) is 8.97. The van der Waals surface area contributed by atoms with Crippen molar-refractivity contribution in [2.24, 2.45) is 0 Å². The van der Waals surface area contributed by atoms with Crippen molar-refractivity contribution in [1.82, 2.24) is 14.7 Å². The van der Waals surface area contributed by atoms with Crippen LogP contribution in [0.2, 0.25) is 0 Å². The number of ether oxygens (including phenoxy) is 1. The van der Waals surface area contributed by atoms with Gasteiger partial charge in [-0.1, -0.05) is 24.0 Å². The van der Waals surface area contributed by atoms with E-state index < -0.39 is 0 Å². The Balaban J connectivity index is 1.79. The topological polar surface area (TPSA) is 19.0 Å². The Morgan fingerprint density at radius 1 is 1.16 bits per heavy atom. The van der Waals surface area contributed by atoms with Gasteiger partial charge in [-0.2, -0.15) is 0 Å². The molecule has 0 amide bonds. The Hall–Kier alpha value is 0.120. The molecule has 0 aromatic rings. The summed E-state index contributed by atoms with van der Waals surface area (Å²) in [6.07, 6.45) is 0. The highest BCUT2D eigenvalue weighted by Gasteiger charge is 2.30. The maximum atomic E-state index is 5.47. The van der Waals surface area contributed by atoms with Gasteiger partial charge < -0.3 is 9.64 Å². The number of rotatable bonds is 3. The molecular weight excluding hydrogens is 278 g/mol.